The molecular formula is C11H20FNO4. The summed E-state index contributed by atoms with van der Waals surface area (Å²) in [7, 11) is 2.92. The van der Waals surface area contributed by atoms with Crippen molar-refractivity contribution in [2.45, 2.75) is 13.2 Å². The number of alkyl halides is 1. The van der Waals surface area contributed by atoms with Gasteiger partial charge in [-0.1, -0.05) is 6.58 Å². The van der Waals surface area contributed by atoms with Crippen LogP contribution in [0.2, 0.25) is 0 Å². The number of methoxy groups -OCH3 is 2. The van der Waals surface area contributed by atoms with Crippen LogP contribution in [-0.2, 0) is 14.2 Å². The number of rotatable bonds is 8. The van der Waals surface area contributed by atoms with Crippen molar-refractivity contribution in [1.82, 2.24) is 4.90 Å². The lowest BCUT2D eigenvalue weighted by Crippen LogP contribution is -2.40. The lowest BCUT2D eigenvalue weighted by molar-refractivity contribution is -0.113. The number of halogens is 1. The molecule has 0 spiro atoms. The van der Waals surface area contributed by atoms with Gasteiger partial charge in [-0.25, -0.2) is 9.18 Å². The molecule has 0 aliphatic rings. The van der Waals surface area contributed by atoms with Crippen LogP contribution in [0.3, 0.4) is 0 Å². The Bertz CT molecular complexity index is 244. The second-order valence-electron chi connectivity index (χ2n) is 3.36. The van der Waals surface area contributed by atoms with Crippen LogP contribution >= 0.6 is 0 Å². The number of hydrogen-bond donors (Lipinski definition) is 0. The largest absolute Gasteiger partial charge is 0.450 e. The Morgan fingerprint density at radius 2 is 2.00 bits per heavy atom. The molecule has 0 heterocycles. The van der Waals surface area contributed by atoms with Crippen molar-refractivity contribution in [3.63, 3.8) is 0 Å². The molecular weight excluding hydrogens is 229 g/mol. The molecule has 0 aliphatic carbocycles. The van der Waals surface area contributed by atoms with E-state index in [-0.39, 0.29) is 19.7 Å². The smallest absolute Gasteiger partial charge is 0.410 e. The molecule has 0 fully saturated rings. The molecule has 0 atom stereocenters. The number of nitrogens with zero attached hydrogens (tertiary/aromatic N) is 1. The van der Waals surface area contributed by atoms with Crippen molar-refractivity contribution in [2.75, 3.05) is 40.6 Å². The van der Waals surface area contributed by atoms with Crippen LogP contribution in [0.5, 0.6) is 0 Å². The summed E-state index contributed by atoms with van der Waals surface area (Å²) in [5.41, 5.74) is 0.295. The topological polar surface area (TPSA) is 48.0 Å². The van der Waals surface area contributed by atoms with Crippen molar-refractivity contribution >= 4 is 6.09 Å². The van der Waals surface area contributed by atoms with Crippen molar-refractivity contribution in [3.8, 4) is 0 Å². The zero-order valence-corrected chi connectivity index (χ0v) is 10.6. The second-order valence-corrected chi connectivity index (χ2v) is 3.36. The average Bonchev–Trinajstić information content (AvgIpc) is 2.34. The average molecular weight is 249 g/mol. The lowest BCUT2D eigenvalue weighted by Gasteiger charge is -2.25. The van der Waals surface area contributed by atoms with Crippen LogP contribution in [0.15, 0.2) is 12.2 Å². The molecule has 5 nitrogen and oxygen atoms in total. The van der Waals surface area contributed by atoms with E-state index in [0.29, 0.717) is 5.57 Å². The molecule has 0 saturated carbocycles. The van der Waals surface area contributed by atoms with Gasteiger partial charge >= 0.3 is 6.09 Å². The number of hydrogen-bond acceptors (Lipinski definition) is 4. The van der Waals surface area contributed by atoms with Gasteiger partial charge < -0.3 is 14.2 Å². The quantitative estimate of drug-likeness (QED) is 0.484. The first-order valence-corrected chi connectivity index (χ1v) is 5.28. The highest BCUT2D eigenvalue weighted by Crippen LogP contribution is 2.04. The molecule has 0 rings (SSSR count). The van der Waals surface area contributed by atoms with E-state index in [2.05, 4.69) is 6.58 Å². The summed E-state index contributed by atoms with van der Waals surface area (Å²) in [6.45, 7) is 5.02. The first-order valence-electron chi connectivity index (χ1n) is 5.28. The van der Waals surface area contributed by atoms with Crippen LogP contribution in [0.1, 0.15) is 6.92 Å². The standard InChI is InChI=1S/C11H20FNO4/c1-5-17-11(14)13(7-9(2)6-12)8-10(15-3)16-4/h10H,2,5-8H2,1,3-4H3. The van der Waals surface area contributed by atoms with Crippen molar-refractivity contribution in [2.24, 2.45) is 0 Å². The third-order valence-corrected chi connectivity index (χ3v) is 2.02. The molecule has 0 N–H and O–H groups in total. The minimum atomic E-state index is -0.680. The van der Waals surface area contributed by atoms with Crippen molar-refractivity contribution in [3.05, 3.63) is 12.2 Å². The van der Waals surface area contributed by atoms with Gasteiger partial charge in [-0.3, -0.25) is 4.90 Å². The zero-order chi connectivity index (χ0) is 13.3. The Kier molecular flexibility index (Phi) is 8.35. The molecule has 0 aromatic rings. The lowest BCUT2D eigenvalue weighted by atomic mass is 10.3. The minimum Gasteiger partial charge on any atom is -0.450 e. The van der Waals surface area contributed by atoms with Gasteiger partial charge in [0.25, 0.3) is 0 Å². The molecule has 0 radical (unpaired) electrons. The molecule has 100 valence electrons. The van der Waals surface area contributed by atoms with E-state index in [1.165, 1.54) is 19.1 Å². The maximum absolute atomic E-state index is 12.4. The second kappa shape index (κ2) is 8.95. The van der Waals surface area contributed by atoms with Crippen LogP contribution in [0.4, 0.5) is 9.18 Å². The van der Waals surface area contributed by atoms with E-state index in [1.807, 2.05) is 0 Å². The number of amides is 1. The van der Waals surface area contributed by atoms with E-state index in [1.54, 1.807) is 6.92 Å². The molecule has 0 aromatic heterocycles. The number of ether oxygens (including phenoxy) is 3. The molecule has 0 unspecified atom stereocenters. The van der Waals surface area contributed by atoms with Crippen LogP contribution < -0.4 is 0 Å². The molecule has 6 heteroatoms. The van der Waals surface area contributed by atoms with E-state index < -0.39 is 19.1 Å². The Balaban J connectivity index is 4.48. The molecule has 0 saturated heterocycles. The fourth-order valence-corrected chi connectivity index (χ4v) is 1.16. The third kappa shape index (κ3) is 6.23. The highest BCUT2D eigenvalue weighted by molar-refractivity contribution is 5.68. The highest BCUT2D eigenvalue weighted by atomic mass is 19.1. The van der Waals surface area contributed by atoms with Gasteiger partial charge in [0.15, 0.2) is 6.29 Å². The van der Waals surface area contributed by atoms with Gasteiger partial charge in [0.1, 0.15) is 6.67 Å². The summed E-state index contributed by atoms with van der Waals surface area (Å²) in [5.74, 6) is 0. The molecule has 1 amide bonds. The maximum Gasteiger partial charge on any atom is 0.410 e. The molecule has 0 aliphatic heterocycles. The Morgan fingerprint density at radius 3 is 2.41 bits per heavy atom. The first kappa shape index (κ1) is 15.9. The monoisotopic (exact) mass is 249 g/mol. The molecule has 0 aromatic carbocycles. The summed E-state index contributed by atoms with van der Waals surface area (Å²) in [4.78, 5) is 12.9. The van der Waals surface area contributed by atoms with E-state index in [0.717, 1.165) is 0 Å². The predicted octanol–water partition coefficient (Wildman–Crippen LogP) is 1.59. The molecule has 0 bridgehead atoms. The SMILES string of the molecule is C=C(CF)CN(CC(OC)OC)C(=O)OCC. The van der Waals surface area contributed by atoms with Gasteiger partial charge in [-0.2, -0.15) is 0 Å². The summed E-state index contributed by atoms with van der Waals surface area (Å²) >= 11 is 0. The Hall–Kier alpha value is -1.14. The zero-order valence-electron chi connectivity index (χ0n) is 10.6. The van der Waals surface area contributed by atoms with Crippen molar-refractivity contribution < 1.29 is 23.4 Å². The molecule has 17 heavy (non-hydrogen) atoms. The van der Waals surface area contributed by atoms with Crippen molar-refractivity contribution in [1.29, 1.82) is 0 Å². The van der Waals surface area contributed by atoms with E-state index in [9.17, 15) is 9.18 Å². The van der Waals surface area contributed by atoms with Gasteiger partial charge in [-0.05, 0) is 12.5 Å². The third-order valence-electron chi connectivity index (χ3n) is 2.02. The normalized spacial score (nSPS) is 10.4. The van der Waals surface area contributed by atoms with E-state index >= 15 is 0 Å². The van der Waals surface area contributed by atoms with Crippen LogP contribution in [0, 0.1) is 0 Å². The van der Waals surface area contributed by atoms with Gasteiger partial charge in [0.05, 0.1) is 13.2 Å². The highest BCUT2D eigenvalue weighted by Gasteiger charge is 2.20. The Labute approximate surface area is 101 Å². The summed E-state index contributed by atoms with van der Waals surface area (Å²) in [6, 6.07) is 0. The van der Waals surface area contributed by atoms with E-state index in [4.69, 9.17) is 14.2 Å². The van der Waals surface area contributed by atoms with Gasteiger partial charge in [0, 0.05) is 20.8 Å². The number of carbonyl (C=O) groups is 1. The Morgan fingerprint density at radius 1 is 1.41 bits per heavy atom. The predicted molar refractivity (Wildman–Crippen MR) is 61.5 cm³/mol. The summed E-state index contributed by atoms with van der Waals surface area (Å²) in [5, 5.41) is 0. The fraction of sp³-hybridized carbons (Fsp3) is 0.727. The van der Waals surface area contributed by atoms with Crippen LogP contribution in [-0.4, -0.2) is 57.9 Å². The summed E-state index contributed by atoms with van der Waals surface area (Å²) < 4.78 is 27.2. The minimum absolute atomic E-state index is 0.0819. The van der Waals surface area contributed by atoms with Gasteiger partial charge in [-0.15, -0.1) is 0 Å². The summed E-state index contributed by atoms with van der Waals surface area (Å²) in [6.07, 6.45) is -1.12. The van der Waals surface area contributed by atoms with Gasteiger partial charge in [0.2, 0.25) is 0 Å². The number of carbonyl (C=O) groups excluding carboxylic acids is 1. The maximum atomic E-state index is 12.4. The fourth-order valence-electron chi connectivity index (χ4n) is 1.16. The first-order chi connectivity index (χ1) is 8.08. The van der Waals surface area contributed by atoms with Crippen LogP contribution in [0.25, 0.3) is 0 Å².